The monoisotopic (exact) mass is 689 g/mol. The Hall–Kier alpha value is -1.94. The molecule has 1 aliphatic carbocycles. The topological polar surface area (TPSA) is 166 Å². The molecule has 1 saturated carbocycles. The van der Waals surface area contributed by atoms with E-state index in [0.29, 0.717) is 16.9 Å². The van der Waals surface area contributed by atoms with Crippen LogP contribution in [-0.2, 0) is 37.3 Å². The fourth-order valence-electron chi connectivity index (χ4n) is 6.14. The number of aliphatic hydroxyl groups is 1. The van der Waals surface area contributed by atoms with Crippen LogP contribution in [0.15, 0.2) is 6.20 Å². The molecule has 5 atom stereocenters. The van der Waals surface area contributed by atoms with Crippen molar-refractivity contribution in [2.75, 3.05) is 31.3 Å². The maximum atomic E-state index is 13.6. The molecule has 258 valence electrons. The molecule has 0 bridgehead atoms. The van der Waals surface area contributed by atoms with E-state index in [1.165, 1.54) is 4.68 Å². The molecule has 0 spiro atoms. The quantitative estimate of drug-likeness (QED) is 0.229. The Labute approximate surface area is 273 Å². The summed E-state index contributed by atoms with van der Waals surface area (Å²) in [5.41, 5.74) is -0.399. The average Bonchev–Trinajstić information content (AvgIpc) is 3.73. The summed E-state index contributed by atoms with van der Waals surface area (Å²) in [6.45, 7) is 11.9. The highest BCUT2D eigenvalue weighted by Crippen LogP contribution is 2.54. The van der Waals surface area contributed by atoms with Gasteiger partial charge >= 0.3 is 13.7 Å². The predicted molar refractivity (Wildman–Crippen MR) is 167 cm³/mol. The van der Waals surface area contributed by atoms with Crippen LogP contribution < -0.4 is 4.90 Å². The zero-order chi connectivity index (χ0) is 33.4. The van der Waals surface area contributed by atoms with Gasteiger partial charge < -0.3 is 37.8 Å². The van der Waals surface area contributed by atoms with E-state index < -0.39 is 62.1 Å². The number of halogens is 1. The molecule has 1 amide bonds. The molecule has 2 aromatic rings. The third-order valence-corrected chi connectivity index (χ3v) is 10.3. The Kier molecular flexibility index (Phi) is 10.7. The van der Waals surface area contributed by atoms with Crippen molar-refractivity contribution in [2.24, 2.45) is 0 Å². The van der Waals surface area contributed by atoms with E-state index in [4.69, 9.17) is 44.3 Å². The highest BCUT2D eigenvalue weighted by molar-refractivity contribution is 7.54. The van der Waals surface area contributed by atoms with Crippen molar-refractivity contribution in [3.8, 4) is 0 Å². The average molecular weight is 690 g/mol. The van der Waals surface area contributed by atoms with Crippen molar-refractivity contribution in [2.45, 2.75) is 122 Å². The number of aromatic nitrogens is 4. The van der Waals surface area contributed by atoms with Gasteiger partial charge in [0.15, 0.2) is 29.3 Å². The first kappa shape index (κ1) is 35.4. The molecule has 2 aromatic heterocycles. The van der Waals surface area contributed by atoms with Crippen LogP contribution in [0.2, 0.25) is 5.28 Å². The lowest BCUT2D eigenvalue weighted by Gasteiger charge is -2.31. The number of carbonyl (C=O) groups is 1. The molecule has 4 heterocycles. The van der Waals surface area contributed by atoms with E-state index in [0.717, 1.165) is 25.7 Å². The summed E-state index contributed by atoms with van der Waals surface area (Å²) in [5.74, 6) is -1.90. The van der Waals surface area contributed by atoms with Crippen LogP contribution in [0.1, 0.15) is 80.4 Å². The van der Waals surface area contributed by atoms with E-state index in [2.05, 4.69) is 15.1 Å². The number of anilines is 1. The van der Waals surface area contributed by atoms with Crippen molar-refractivity contribution in [3.63, 3.8) is 0 Å². The molecule has 15 nitrogen and oxygen atoms in total. The lowest BCUT2D eigenvalue weighted by atomic mass is 10.1. The van der Waals surface area contributed by atoms with Crippen molar-refractivity contribution in [3.05, 3.63) is 11.5 Å². The van der Waals surface area contributed by atoms with Crippen LogP contribution >= 0.6 is 19.2 Å². The van der Waals surface area contributed by atoms with Gasteiger partial charge in [0, 0.05) is 6.04 Å². The van der Waals surface area contributed by atoms with Crippen LogP contribution in [0.25, 0.3) is 11.0 Å². The first-order valence-corrected chi connectivity index (χ1v) is 17.7. The minimum absolute atomic E-state index is 0.0810. The number of hydrogen-bond acceptors (Lipinski definition) is 13. The summed E-state index contributed by atoms with van der Waals surface area (Å²) in [6.07, 6.45) is 1.73. The molecular formula is C29H45ClN5O10P. The molecule has 0 aromatic carbocycles. The highest BCUT2D eigenvalue weighted by Gasteiger charge is 2.57. The zero-order valence-electron chi connectivity index (χ0n) is 27.4. The second-order valence-electron chi connectivity index (χ2n) is 12.9. The van der Waals surface area contributed by atoms with Crippen LogP contribution in [0.4, 0.5) is 10.6 Å². The molecule has 3 fully saturated rings. The van der Waals surface area contributed by atoms with Gasteiger partial charge in [0.05, 0.1) is 38.0 Å². The van der Waals surface area contributed by atoms with Gasteiger partial charge in [0.25, 0.3) is 0 Å². The van der Waals surface area contributed by atoms with Crippen molar-refractivity contribution < 1.29 is 47.2 Å². The molecule has 2 aliphatic heterocycles. The zero-order valence-corrected chi connectivity index (χ0v) is 29.0. The highest BCUT2D eigenvalue weighted by atomic mass is 35.5. The Morgan fingerprint density at radius 3 is 2.43 bits per heavy atom. The molecule has 46 heavy (non-hydrogen) atoms. The van der Waals surface area contributed by atoms with Gasteiger partial charge in [-0.15, -0.1) is 0 Å². The number of aliphatic hydroxyl groups excluding tert-OH is 1. The van der Waals surface area contributed by atoms with Gasteiger partial charge in [-0.25, -0.2) is 9.48 Å². The lowest BCUT2D eigenvalue weighted by Crippen LogP contribution is -2.43. The summed E-state index contributed by atoms with van der Waals surface area (Å²) in [5, 5.41) is 15.0. The Morgan fingerprint density at radius 1 is 1.17 bits per heavy atom. The van der Waals surface area contributed by atoms with E-state index in [9.17, 15) is 14.5 Å². The van der Waals surface area contributed by atoms with Gasteiger partial charge in [-0.3, -0.25) is 9.46 Å². The number of fused-ring (bicyclic) bond motifs is 2. The van der Waals surface area contributed by atoms with Crippen molar-refractivity contribution in [1.29, 1.82) is 0 Å². The maximum Gasteiger partial charge on any atom is 0.416 e. The SMILES string of the molecule is CCOP(=O)(OCC)C(CO)OC[C@H]1O[C@@H](n2ncc3c(N(C(=O)OC(C)(C)C)C4CCCC4)nc(Cl)nc32)[C@@H]2OC(C)(C)O[C@@H]21. The Morgan fingerprint density at radius 2 is 1.83 bits per heavy atom. The Bertz CT molecular complexity index is 1420. The number of carbonyl (C=O) groups excluding carboxylic acids is 1. The maximum absolute atomic E-state index is 13.6. The number of hydrogen-bond donors (Lipinski definition) is 1. The molecule has 3 aliphatic rings. The number of rotatable bonds is 12. The van der Waals surface area contributed by atoms with Gasteiger partial charge in [0.2, 0.25) is 5.28 Å². The van der Waals surface area contributed by atoms with E-state index in [1.54, 1.807) is 38.8 Å². The van der Waals surface area contributed by atoms with Crippen LogP contribution in [0.3, 0.4) is 0 Å². The summed E-state index contributed by atoms with van der Waals surface area (Å²) >= 11 is 6.50. The van der Waals surface area contributed by atoms with Crippen LogP contribution in [-0.4, -0.2) is 99.0 Å². The summed E-state index contributed by atoms with van der Waals surface area (Å²) in [7, 11) is -3.78. The van der Waals surface area contributed by atoms with Gasteiger partial charge in [-0.05, 0) is 72.9 Å². The van der Waals surface area contributed by atoms with Crippen molar-refractivity contribution in [1.82, 2.24) is 19.7 Å². The van der Waals surface area contributed by atoms with Crippen LogP contribution in [0, 0.1) is 0 Å². The lowest BCUT2D eigenvalue weighted by molar-refractivity contribution is -0.204. The van der Waals surface area contributed by atoms with Gasteiger partial charge in [-0.2, -0.15) is 15.1 Å². The molecule has 17 heteroatoms. The van der Waals surface area contributed by atoms with Crippen LogP contribution in [0.5, 0.6) is 0 Å². The second kappa shape index (κ2) is 13.9. The van der Waals surface area contributed by atoms with Crippen molar-refractivity contribution >= 4 is 42.1 Å². The smallest absolute Gasteiger partial charge is 0.416 e. The first-order chi connectivity index (χ1) is 21.7. The number of ether oxygens (including phenoxy) is 5. The molecular weight excluding hydrogens is 645 g/mol. The fraction of sp³-hybridized carbons (Fsp3) is 0.793. The third kappa shape index (κ3) is 7.37. The Balaban J connectivity index is 1.47. The largest absolute Gasteiger partial charge is 0.443 e. The van der Waals surface area contributed by atoms with E-state index in [1.807, 2.05) is 20.8 Å². The summed E-state index contributed by atoms with van der Waals surface area (Å²) < 4.78 is 56.2. The summed E-state index contributed by atoms with van der Waals surface area (Å²) in [4.78, 5) is 24.1. The minimum atomic E-state index is -3.78. The molecule has 1 N–H and O–H groups in total. The molecule has 5 rings (SSSR count). The number of nitrogens with zero attached hydrogens (tertiary/aromatic N) is 5. The minimum Gasteiger partial charge on any atom is -0.443 e. The normalized spacial score (nSPS) is 25.7. The standard InChI is InChI=1S/C29H45ClN5O10P/c1-8-40-46(38,41-9-2)20(15-36)39-16-19-21-22(44-29(6,7)43-21)25(42-19)35-24-18(14-31-35)23(32-26(30)33-24)34(17-12-10-11-13-17)27(37)45-28(3,4)5/h14,17,19-22,25,36H,8-13,15-16H2,1-7H3/t19-,20?,21-,22-,25-/m1/s1. The van der Waals surface area contributed by atoms with Gasteiger partial charge in [0.1, 0.15) is 23.9 Å². The summed E-state index contributed by atoms with van der Waals surface area (Å²) in [6, 6.07) is -0.128. The van der Waals surface area contributed by atoms with E-state index in [-0.39, 0.29) is 31.1 Å². The molecule has 2 saturated heterocycles. The van der Waals surface area contributed by atoms with E-state index >= 15 is 0 Å². The first-order valence-electron chi connectivity index (χ1n) is 15.8. The van der Waals surface area contributed by atoms with Gasteiger partial charge in [-0.1, -0.05) is 12.8 Å². The third-order valence-electron chi connectivity index (χ3n) is 7.86. The molecule has 1 unspecified atom stereocenters. The fourth-order valence-corrected chi connectivity index (χ4v) is 7.90. The molecule has 0 radical (unpaired) electrons. The predicted octanol–water partition coefficient (Wildman–Crippen LogP) is 5.18. The number of amides is 1. The second-order valence-corrected chi connectivity index (χ2v) is 15.4.